The Bertz CT molecular complexity index is 642. The van der Waals surface area contributed by atoms with E-state index in [1.807, 2.05) is 0 Å². The molecule has 23 heavy (non-hydrogen) atoms. The number of likely N-dealkylation sites (tertiary alicyclic amines) is 1. The monoisotopic (exact) mass is 320 g/mol. The largest absolute Gasteiger partial charge is 0.507 e. The van der Waals surface area contributed by atoms with E-state index < -0.39 is 6.09 Å². The maximum atomic E-state index is 12.5. The first kappa shape index (κ1) is 16.8. The highest BCUT2D eigenvalue weighted by Gasteiger charge is 2.30. The molecule has 1 fully saturated rings. The molecule has 0 bridgehead atoms. The van der Waals surface area contributed by atoms with E-state index in [2.05, 4.69) is 0 Å². The van der Waals surface area contributed by atoms with Crippen LogP contribution in [0.25, 0.3) is 0 Å². The molecule has 0 aliphatic carbocycles. The molecule has 0 spiro atoms. The standard InChI is InChI=1S/C16H20N2O5/c1-10-6-11(7-12(9-19)14(10)20)15(21)18-5-4-13(8-18)23-16(22)17(2)3/h6-7,9,13,20H,4-5,8H2,1-3H3. The fourth-order valence-electron chi connectivity index (χ4n) is 2.46. The molecule has 0 radical (unpaired) electrons. The van der Waals surface area contributed by atoms with Crippen molar-refractivity contribution in [3.05, 3.63) is 28.8 Å². The zero-order chi connectivity index (χ0) is 17.1. The third-order valence-electron chi connectivity index (χ3n) is 3.77. The Kier molecular flexibility index (Phi) is 4.88. The van der Waals surface area contributed by atoms with Crippen molar-refractivity contribution >= 4 is 18.3 Å². The van der Waals surface area contributed by atoms with Crippen molar-refractivity contribution in [3.8, 4) is 5.75 Å². The number of benzene rings is 1. The number of phenolic OH excluding ortho intramolecular Hbond substituents is 1. The van der Waals surface area contributed by atoms with Gasteiger partial charge in [-0.1, -0.05) is 0 Å². The average molecular weight is 320 g/mol. The van der Waals surface area contributed by atoms with Gasteiger partial charge in [-0.15, -0.1) is 0 Å². The summed E-state index contributed by atoms with van der Waals surface area (Å²) in [7, 11) is 3.20. The van der Waals surface area contributed by atoms with Crippen molar-refractivity contribution in [1.29, 1.82) is 0 Å². The minimum absolute atomic E-state index is 0.0862. The number of amides is 2. The first-order valence-corrected chi connectivity index (χ1v) is 7.29. The minimum Gasteiger partial charge on any atom is -0.507 e. The van der Waals surface area contributed by atoms with Gasteiger partial charge < -0.3 is 19.6 Å². The molecule has 0 saturated carbocycles. The zero-order valence-corrected chi connectivity index (χ0v) is 13.4. The molecule has 1 aliphatic heterocycles. The van der Waals surface area contributed by atoms with Crippen LogP contribution in [0, 0.1) is 6.92 Å². The van der Waals surface area contributed by atoms with Gasteiger partial charge in [0.2, 0.25) is 0 Å². The van der Waals surface area contributed by atoms with Gasteiger partial charge in [0.25, 0.3) is 5.91 Å². The number of hydrogen-bond acceptors (Lipinski definition) is 5. The van der Waals surface area contributed by atoms with E-state index >= 15 is 0 Å². The van der Waals surface area contributed by atoms with Crippen molar-refractivity contribution in [2.75, 3.05) is 27.2 Å². The van der Waals surface area contributed by atoms with Gasteiger partial charge in [-0.25, -0.2) is 4.79 Å². The van der Waals surface area contributed by atoms with Gasteiger partial charge in [0.15, 0.2) is 6.29 Å². The highest BCUT2D eigenvalue weighted by Crippen LogP contribution is 2.24. The smallest absolute Gasteiger partial charge is 0.409 e. The van der Waals surface area contributed by atoms with E-state index in [4.69, 9.17) is 4.74 Å². The third kappa shape index (κ3) is 3.61. The molecule has 124 valence electrons. The predicted octanol–water partition coefficient (Wildman–Crippen LogP) is 1.43. The second-order valence-electron chi connectivity index (χ2n) is 5.79. The summed E-state index contributed by atoms with van der Waals surface area (Å²) >= 11 is 0. The number of carbonyl (C=O) groups excluding carboxylic acids is 3. The number of nitrogens with zero attached hydrogens (tertiary/aromatic N) is 2. The topological polar surface area (TPSA) is 87.2 Å². The molecule has 1 aliphatic rings. The van der Waals surface area contributed by atoms with Crippen LogP contribution in [0.1, 0.15) is 32.7 Å². The molecule has 1 aromatic carbocycles. The van der Waals surface area contributed by atoms with E-state index in [1.165, 1.54) is 11.0 Å². The Balaban J connectivity index is 2.09. The molecule has 1 aromatic rings. The van der Waals surface area contributed by atoms with Crippen molar-refractivity contribution in [1.82, 2.24) is 9.80 Å². The number of phenols is 1. The molecule has 1 saturated heterocycles. The summed E-state index contributed by atoms with van der Waals surface area (Å²) in [5, 5.41) is 9.74. The number of aldehydes is 1. The van der Waals surface area contributed by atoms with E-state index in [0.29, 0.717) is 36.9 Å². The summed E-state index contributed by atoms with van der Waals surface area (Å²) in [5.74, 6) is -0.365. The SMILES string of the molecule is Cc1cc(C(=O)N2CCC(OC(=O)N(C)C)C2)cc(C=O)c1O. The summed E-state index contributed by atoms with van der Waals surface area (Å²) in [6, 6.07) is 2.92. The van der Waals surface area contributed by atoms with Crippen molar-refractivity contribution in [3.63, 3.8) is 0 Å². The summed E-state index contributed by atoms with van der Waals surface area (Å²) in [6.07, 6.45) is 0.318. The highest BCUT2D eigenvalue weighted by atomic mass is 16.6. The number of aromatic hydroxyl groups is 1. The van der Waals surface area contributed by atoms with Crippen molar-refractivity contribution in [2.45, 2.75) is 19.4 Å². The van der Waals surface area contributed by atoms with Crippen LogP contribution in [0.4, 0.5) is 4.79 Å². The molecule has 2 rings (SSSR count). The van der Waals surface area contributed by atoms with Crippen LogP contribution in [0.15, 0.2) is 12.1 Å². The Morgan fingerprint density at radius 2 is 2.09 bits per heavy atom. The molecule has 2 amide bonds. The van der Waals surface area contributed by atoms with Crippen molar-refractivity contribution in [2.24, 2.45) is 0 Å². The summed E-state index contributed by atoms with van der Waals surface area (Å²) < 4.78 is 5.27. The van der Waals surface area contributed by atoms with Crippen LogP contribution in [0.3, 0.4) is 0 Å². The number of hydrogen-bond donors (Lipinski definition) is 1. The third-order valence-corrected chi connectivity index (χ3v) is 3.77. The van der Waals surface area contributed by atoms with Gasteiger partial charge in [-0.2, -0.15) is 0 Å². The van der Waals surface area contributed by atoms with Crippen LogP contribution in [0.2, 0.25) is 0 Å². The number of ether oxygens (including phenoxy) is 1. The quantitative estimate of drug-likeness (QED) is 0.851. The van der Waals surface area contributed by atoms with E-state index in [1.54, 1.807) is 32.0 Å². The van der Waals surface area contributed by atoms with E-state index in [0.717, 1.165) is 0 Å². The van der Waals surface area contributed by atoms with E-state index in [-0.39, 0.29) is 23.3 Å². The normalized spacial score (nSPS) is 17.0. The zero-order valence-electron chi connectivity index (χ0n) is 13.4. The predicted molar refractivity (Wildman–Crippen MR) is 82.7 cm³/mol. The molecule has 1 unspecified atom stereocenters. The van der Waals surface area contributed by atoms with E-state index in [9.17, 15) is 19.5 Å². The Morgan fingerprint density at radius 1 is 1.39 bits per heavy atom. The highest BCUT2D eigenvalue weighted by molar-refractivity contribution is 5.97. The lowest BCUT2D eigenvalue weighted by atomic mass is 10.0. The van der Waals surface area contributed by atoms with Gasteiger partial charge in [0.05, 0.1) is 12.1 Å². The Morgan fingerprint density at radius 3 is 2.70 bits per heavy atom. The first-order chi connectivity index (χ1) is 10.8. The lowest BCUT2D eigenvalue weighted by Gasteiger charge is -2.19. The molecule has 7 nitrogen and oxygen atoms in total. The minimum atomic E-state index is -0.437. The van der Waals surface area contributed by atoms with Crippen LogP contribution >= 0.6 is 0 Å². The summed E-state index contributed by atoms with van der Waals surface area (Å²) in [5.41, 5.74) is 0.887. The van der Waals surface area contributed by atoms with Gasteiger partial charge in [-0.05, 0) is 24.6 Å². The number of carbonyl (C=O) groups is 3. The fourth-order valence-corrected chi connectivity index (χ4v) is 2.46. The maximum Gasteiger partial charge on any atom is 0.409 e. The van der Waals surface area contributed by atoms with Gasteiger partial charge >= 0.3 is 6.09 Å². The Labute approximate surface area is 134 Å². The number of aryl methyl sites for hydroxylation is 1. The lowest BCUT2D eigenvalue weighted by molar-refractivity contribution is 0.0665. The van der Waals surface area contributed by atoms with Crippen LogP contribution in [-0.4, -0.2) is 66.5 Å². The average Bonchev–Trinajstić information content (AvgIpc) is 2.97. The molecule has 0 aromatic heterocycles. The second kappa shape index (κ2) is 6.68. The number of rotatable bonds is 3. The van der Waals surface area contributed by atoms with Gasteiger partial charge in [0.1, 0.15) is 11.9 Å². The van der Waals surface area contributed by atoms with Crippen LogP contribution < -0.4 is 0 Å². The summed E-state index contributed by atoms with van der Waals surface area (Å²) in [6.45, 7) is 2.42. The molecule has 1 heterocycles. The lowest BCUT2D eigenvalue weighted by Crippen LogP contribution is -2.33. The molecule has 1 N–H and O–H groups in total. The molecular weight excluding hydrogens is 300 g/mol. The van der Waals surface area contributed by atoms with Gasteiger partial charge in [-0.3, -0.25) is 9.59 Å². The molecule has 1 atom stereocenters. The Hall–Kier alpha value is -2.57. The molecular formula is C16H20N2O5. The maximum absolute atomic E-state index is 12.5. The van der Waals surface area contributed by atoms with Crippen molar-refractivity contribution < 1.29 is 24.2 Å². The summed E-state index contributed by atoms with van der Waals surface area (Å²) in [4.78, 5) is 37.9. The fraction of sp³-hybridized carbons (Fsp3) is 0.438. The first-order valence-electron chi connectivity index (χ1n) is 7.29. The van der Waals surface area contributed by atoms with Crippen LogP contribution in [-0.2, 0) is 4.74 Å². The molecule has 7 heteroatoms. The van der Waals surface area contributed by atoms with Gasteiger partial charge in [0, 0.05) is 32.6 Å². The second-order valence-corrected chi connectivity index (χ2v) is 5.79. The van der Waals surface area contributed by atoms with Crippen LogP contribution in [0.5, 0.6) is 5.75 Å².